The Labute approximate surface area is 188 Å². The smallest absolute Gasteiger partial charge is 0.191 e. The van der Waals surface area contributed by atoms with E-state index in [1.165, 1.54) is 5.56 Å². The molecular weight excluding hydrogens is 392 g/mol. The van der Waals surface area contributed by atoms with Crippen molar-refractivity contribution in [2.45, 2.75) is 58.8 Å². The summed E-state index contributed by atoms with van der Waals surface area (Å²) < 4.78 is 17.7. The molecule has 1 aliphatic rings. The first kappa shape index (κ1) is 25.4. The molecule has 0 aromatic heterocycles. The number of aliphatic imine (C=N–C) groups is 1. The number of aryl methyl sites for hydroxylation is 1. The zero-order chi connectivity index (χ0) is 22.5. The van der Waals surface area contributed by atoms with Gasteiger partial charge in [-0.2, -0.15) is 0 Å². The molecule has 0 radical (unpaired) electrons. The number of nitrogens with one attached hydrogen (secondary N) is 2. The number of ether oxygens (including phenoxy) is 3. The molecule has 1 heterocycles. The Morgan fingerprint density at radius 1 is 1.29 bits per heavy atom. The molecule has 1 aromatic rings. The highest BCUT2D eigenvalue weighted by molar-refractivity contribution is 5.79. The van der Waals surface area contributed by atoms with E-state index in [9.17, 15) is 0 Å². The van der Waals surface area contributed by atoms with Crippen LogP contribution >= 0.6 is 0 Å². The number of hydrogen-bond donors (Lipinski definition) is 2. The molecule has 7 nitrogen and oxygen atoms in total. The Morgan fingerprint density at radius 2 is 2.13 bits per heavy atom. The van der Waals surface area contributed by atoms with Crippen LogP contribution in [0, 0.1) is 6.92 Å². The fraction of sp³-hybridized carbons (Fsp3) is 0.708. The van der Waals surface area contributed by atoms with Gasteiger partial charge in [-0.05, 0) is 65.8 Å². The van der Waals surface area contributed by atoms with Crippen molar-refractivity contribution in [2.75, 3.05) is 53.6 Å². The monoisotopic (exact) mass is 434 g/mol. The fourth-order valence-corrected chi connectivity index (χ4v) is 3.48. The van der Waals surface area contributed by atoms with Gasteiger partial charge in [-0.15, -0.1) is 0 Å². The Kier molecular flexibility index (Phi) is 11.7. The average molecular weight is 435 g/mol. The van der Waals surface area contributed by atoms with Gasteiger partial charge in [-0.3, -0.25) is 0 Å². The van der Waals surface area contributed by atoms with E-state index in [4.69, 9.17) is 19.2 Å². The van der Waals surface area contributed by atoms with Gasteiger partial charge in [0.1, 0.15) is 12.4 Å². The summed E-state index contributed by atoms with van der Waals surface area (Å²) in [6.45, 7) is 11.4. The lowest BCUT2D eigenvalue weighted by atomic mass is 10.1. The number of nitrogens with zero attached hydrogens (tertiary/aromatic N) is 2. The summed E-state index contributed by atoms with van der Waals surface area (Å²) in [4.78, 5) is 6.98. The minimum atomic E-state index is 0.154. The number of rotatable bonds is 13. The van der Waals surface area contributed by atoms with Gasteiger partial charge in [0, 0.05) is 38.4 Å². The summed E-state index contributed by atoms with van der Waals surface area (Å²) in [5, 5.41) is 6.78. The van der Waals surface area contributed by atoms with E-state index in [-0.39, 0.29) is 12.2 Å². The zero-order valence-electron chi connectivity index (χ0n) is 20.1. The Morgan fingerprint density at radius 3 is 2.81 bits per heavy atom. The Bertz CT molecular complexity index is 660. The minimum Gasteiger partial charge on any atom is -0.491 e. The van der Waals surface area contributed by atoms with Gasteiger partial charge in [0.25, 0.3) is 0 Å². The minimum absolute atomic E-state index is 0.154. The number of hydrogen-bond acceptors (Lipinski definition) is 5. The Balaban J connectivity index is 1.98. The van der Waals surface area contributed by atoms with Crippen LogP contribution in [0.3, 0.4) is 0 Å². The summed E-state index contributed by atoms with van der Waals surface area (Å²) in [6, 6.07) is 6.30. The standard InChI is InChI=1S/C24H42N4O3/c1-6-25-24(27-17-21(29-7-2)12-13-28(4)5)26-16-20-11-10-19(3)15-23(20)31-18-22-9-8-14-30-22/h10-11,15,21-22H,6-9,12-14,16-18H2,1-5H3,(H2,25,26,27). The predicted molar refractivity (Wildman–Crippen MR) is 127 cm³/mol. The third-order valence-electron chi connectivity index (χ3n) is 5.22. The number of guanidine groups is 1. The van der Waals surface area contributed by atoms with Crippen molar-refractivity contribution in [3.63, 3.8) is 0 Å². The van der Waals surface area contributed by atoms with Crippen molar-refractivity contribution >= 4 is 5.96 Å². The van der Waals surface area contributed by atoms with Gasteiger partial charge in [-0.25, -0.2) is 4.99 Å². The van der Waals surface area contributed by atoms with E-state index in [2.05, 4.69) is 61.7 Å². The topological polar surface area (TPSA) is 67.4 Å². The largest absolute Gasteiger partial charge is 0.491 e. The molecule has 7 heteroatoms. The van der Waals surface area contributed by atoms with Gasteiger partial charge in [0.05, 0.1) is 18.8 Å². The Hall–Kier alpha value is -1.83. The van der Waals surface area contributed by atoms with Crippen LogP contribution in [0.25, 0.3) is 0 Å². The van der Waals surface area contributed by atoms with Crippen molar-refractivity contribution in [2.24, 2.45) is 4.99 Å². The maximum Gasteiger partial charge on any atom is 0.191 e. The molecule has 2 atom stereocenters. The van der Waals surface area contributed by atoms with E-state index >= 15 is 0 Å². The highest BCUT2D eigenvalue weighted by Gasteiger charge is 2.17. The second-order valence-electron chi connectivity index (χ2n) is 8.30. The van der Waals surface area contributed by atoms with E-state index in [0.29, 0.717) is 19.8 Å². The van der Waals surface area contributed by atoms with Gasteiger partial charge in [0.15, 0.2) is 5.96 Å². The van der Waals surface area contributed by atoms with E-state index in [1.54, 1.807) is 0 Å². The van der Waals surface area contributed by atoms with Crippen LogP contribution in [0.2, 0.25) is 0 Å². The third-order valence-corrected chi connectivity index (χ3v) is 5.22. The number of benzene rings is 1. The first-order valence-electron chi connectivity index (χ1n) is 11.6. The molecule has 0 saturated carbocycles. The van der Waals surface area contributed by atoms with Crippen molar-refractivity contribution < 1.29 is 14.2 Å². The van der Waals surface area contributed by atoms with Crippen molar-refractivity contribution in [1.29, 1.82) is 0 Å². The van der Waals surface area contributed by atoms with Gasteiger partial charge < -0.3 is 29.7 Å². The molecule has 0 bridgehead atoms. The second-order valence-corrected chi connectivity index (χ2v) is 8.30. The lowest BCUT2D eigenvalue weighted by Gasteiger charge is -2.21. The van der Waals surface area contributed by atoms with Crippen molar-refractivity contribution in [3.8, 4) is 5.75 Å². The van der Waals surface area contributed by atoms with Gasteiger partial charge in [0.2, 0.25) is 0 Å². The SMILES string of the molecule is CCNC(=NCc1ccc(C)cc1OCC1CCCO1)NCC(CCN(C)C)OCC. The van der Waals surface area contributed by atoms with E-state index in [1.807, 2.05) is 6.92 Å². The molecular formula is C24H42N4O3. The molecule has 2 N–H and O–H groups in total. The normalized spacial score (nSPS) is 17.7. The van der Waals surface area contributed by atoms with Gasteiger partial charge >= 0.3 is 0 Å². The first-order chi connectivity index (χ1) is 15.0. The highest BCUT2D eigenvalue weighted by atomic mass is 16.5. The molecule has 2 rings (SSSR count). The van der Waals surface area contributed by atoms with Crippen LogP contribution in [0.15, 0.2) is 23.2 Å². The van der Waals surface area contributed by atoms with E-state index in [0.717, 1.165) is 62.8 Å². The lowest BCUT2D eigenvalue weighted by Crippen LogP contribution is -2.42. The summed E-state index contributed by atoms with van der Waals surface area (Å²) >= 11 is 0. The summed E-state index contributed by atoms with van der Waals surface area (Å²) in [7, 11) is 4.17. The summed E-state index contributed by atoms with van der Waals surface area (Å²) in [5.74, 6) is 1.69. The molecule has 1 aromatic carbocycles. The predicted octanol–water partition coefficient (Wildman–Crippen LogP) is 2.96. The molecule has 0 amide bonds. The molecule has 176 valence electrons. The molecule has 31 heavy (non-hydrogen) atoms. The quantitative estimate of drug-likeness (QED) is 0.368. The first-order valence-corrected chi connectivity index (χ1v) is 11.6. The van der Waals surface area contributed by atoms with Crippen LogP contribution in [0.4, 0.5) is 0 Å². The fourth-order valence-electron chi connectivity index (χ4n) is 3.48. The zero-order valence-corrected chi connectivity index (χ0v) is 20.1. The summed E-state index contributed by atoms with van der Waals surface area (Å²) in [6.07, 6.45) is 3.53. The molecule has 1 aliphatic heterocycles. The molecule has 1 fully saturated rings. The average Bonchev–Trinajstić information content (AvgIpc) is 3.26. The maximum absolute atomic E-state index is 6.12. The second kappa shape index (κ2) is 14.3. The van der Waals surface area contributed by atoms with Crippen molar-refractivity contribution in [1.82, 2.24) is 15.5 Å². The van der Waals surface area contributed by atoms with Gasteiger partial charge in [-0.1, -0.05) is 12.1 Å². The molecule has 0 spiro atoms. The molecule has 2 unspecified atom stereocenters. The lowest BCUT2D eigenvalue weighted by molar-refractivity contribution is 0.0548. The molecule has 0 aliphatic carbocycles. The van der Waals surface area contributed by atoms with Crippen LogP contribution in [0.5, 0.6) is 5.75 Å². The third kappa shape index (κ3) is 9.89. The van der Waals surface area contributed by atoms with Crippen molar-refractivity contribution in [3.05, 3.63) is 29.3 Å². The van der Waals surface area contributed by atoms with Crippen LogP contribution in [-0.4, -0.2) is 76.6 Å². The summed E-state index contributed by atoms with van der Waals surface area (Å²) in [5.41, 5.74) is 2.26. The van der Waals surface area contributed by atoms with Crippen LogP contribution in [-0.2, 0) is 16.0 Å². The maximum atomic E-state index is 6.12. The van der Waals surface area contributed by atoms with E-state index < -0.39 is 0 Å². The molecule has 1 saturated heterocycles. The van der Waals surface area contributed by atoms with Crippen LogP contribution in [0.1, 0.15) is 44.2 Å². The van der Waals surface area contributed by atoms with Crippen LogP contribution < -0.4 is 15.4 Å². The highest BCUT2D eigenvalue weighted by Crippen LogP contribution is 2.23.